The van der Waals surface area contributed by atoms with Crippen molar-refractivity contribution < 1.29 is 13.5 Å². The van der Waals surface area contributed by atoms with Gasteiger partial charge < -0.3 is 5.11 Å². The summed E-state index contributed by atoms with van der Waals surface area (Å²) in [7, 11) is -3.43. The number of aliphatic hydroxyl groups is 1. The third-order valence-electron chi connectivity index (χ3n) is 4.57. The molecule has 1 aromatic rings. The molecular formula is C13H19NO3S2. The molecule has 0 radical (unpaired) electrons. The van der Waals surface area contributed by atoms with E-state index < -0.39 is 10.0 Å². The van der Waals surface area contributed by atoms with Gasteiger partial charge in [0.2, 0.25) is 10.0 Å². The van der Waals surface area contributed by atoms with Crippen LogP contribution in [0.1, 0.15) is 24.1 Å². The molecule has 2 N–H and O–H groups in total. The van der Waals surface area contributed by atoms with Crippen LogP contribution in [0.4, 0.5) is 0 Å². The molecule has 0 aromatic carbocycles. The molecule has 106 valence electrons. The minimum absolute atomic E-state index is 0.0812. The van der Waals surface area contributed by atoms with Gasteiger partial charge in [-0.1, -0.05) is 0 Å². The van der Waals surface area contributed by atoms with Crippen molar-refractivity contribution in [1.29, 1.82) is 0 Å². The van der Waals surface area contributed by atoms with Crippen LogP contribution < -0.4 is 4.72 Å². The van der Waals surface area contributed by atoms with E-state index in [4.69, 9.17) is 0 Å². The van der Waals surface area contributed by atoms with Gasteiger partial charge in [0.25, 0.3) is 0 Å². The molecule has 0 aliphatic heterocycles. The molecule has 6 heteroatoms. The lowest BCUT2D eigenvalue weighted by Gasteiger charge is -2.29. The Kier molecular flexibility index (Phi) is 3.45. The summed E-state index contributed by atoms with van der Waals surface area (Å²) in [5.41, 5.74) is 0. The van der Waals surface area contributed by atoms with Crippen molar-refractivity contribution in [3.05, 3.63) is 17.0 Å². The molecule has 4 nitrogen and oxygen atoms in total. The molecule has 4 atom stereocenters. The minimum atomic E-state index is -3.43. The van der Waals surface area contributed by atoms with Gasteiger partial charge in [-0.15, -0.1) is 11.3 Å². The monoisotopic (exact) mass is 301 g/mol. The number of aryl methyl sites for hydroxylation is 1. The molecular weight excluding hydrogens is 282 g/mol. The van der Waals surface area contributed by atoms with E-state index in [1.807, 2.05) is 13.0 Å². The van der Waals surface area contributed by atoms with E-state index in [1.165, 1.54) is 11.3 Å². The van der Waals surface area contributed by atoms with E-state index >= 15 is 0 Å². The number of fused-ring (bicyclic) bond motifs is 2. The van der Waals surface area contributed by atoms with Gasteiger partial charge in [-0.3, -0.25) is 0 Å². The quantitative estimate of drug-likeness (QED) is 0.890. The van der Waals surface area contributed by atoms with E-state index in [-0.39, 0.29) is 18.6 Å². The fourth-order valence-electron chi connectivity index (χ4n) is 3.65. The molecule has 1 heterocycles. The average molecular weight is 301 g/mol. The number of nitrogens with one attached hydrogen (secondary N) is 1. The summed E-state index contributed by atoms with van der Waals surface area (Å²) in [6.45, 7) is 1.98. The predicted octanol–water partition coefficient (Wildman–Crippen LogP) is 1.74. The fourth-order valence-corrected chi connectivity index (χ4v) is 6.31. The highest BCUT2D eigenvalue weighted by molar-refractivity contribution is 7.91. The Morgan fingerprint density at radius 3 is 2.74 bits per heavy atom. The molecule has 2 aliphatic carbocycles. The first kappa shape index (κ1) is 13.5. The number of thiophene rings is 1. The van der Waals surface area contributed by atoms with Gasteiger partial charge in [0, 0.05) is 23.4 Å². The van der Waals surface area contributed by atoms with Gasteiger partial charge in [0.05, 0.1) is 0 Å². The Labute approximate surface area is 117 Å². The molecule has 3 rings (SSSR count). The maximum Gasteiger partial charge on any atom is 0.250 e. The van der Waals surface area contributed by atoms with Gasteiger partial charge >= 0.3 is 0 Å². The van der Waals surface area contributed by atoms with Gasteiger partial charge in [0.1, 0.15) is 4.21 Å². The van der Waals surface area contributed by atoms with Crippen molar-refractivity contribution in [2.24, 2.45) is 17.8 Å². The Balaban J connectivity index is 1.81. The molecule has 2 fully saturated rings. The smallest absolute Gasteiger partial charge is 0.250 e. The van der Waals surface area contributed by atoms with E-state index in [9.17, 15) is 13.5 Å². The van der Waals surface area contributed by atoms with Crippen molar-refractivity contribution in [2.75, 3.05) is 6.61 Å². The van der Waals surface area contributed by atoms with Crippen LogP contribution in [0.2, 0.25) is 0 Å². The second kappa shape index (κ2) is 4.84. The maximum absolute atomic E-state index is 12.4. The van der Waals surface area contributed by atoms with Gasteiger partial charge in [0.15, 0.2) is 0 Å². The van der Waals surface area contributed by atoms with E-state index in [0.717, 1.165) is 24.1 Å². The molecule has 2 aliphatic rings. The van der Waals surface area contributed by atoms with Crippen LogP contribution in [0.5, 0.6) is 0 Å². The summed E-state index contributed by atoms with van der Waals surface area (Å²) in [6, 6.07) is 3.39. The zero-order chi connectivity index (χ0) is 13.6. The van der Waals surface area contributed by atoms with Crippen LogP contribution in [0.3, 0.4) is 0 Å². The molecule has 2 saturated carbocycles. The largest absolute Gasteiger partial charge is 0.396 e. The Morgan fingerprint density at radius 2 is 2.11 bits per heavy atom. The summed E-state index contributed by atoms with van der Waals surface area (Å²) >= 11 is 1.29. The van der Waals surface area contributed by atoms with Crippen LogP contribution in [0, 0.1) is 24.7 Å². The zero-order valence-electron chi connectivity index (χ0n) is 10.9. The normalized spacial score (nSPS) is 34.0. The van der Waals surface area contributed by atoms with Crippen LogP contribution in [0.25, 0.3) is 0 Å². The van der Waals surface area contributed by atoms with E-state index in [1.54, 1.807) is 6.07 Å². The number of hydrogen-bond acceptors (Lipinski definition) is 4. The molecule has 1 aromatic heterocycles. The van der Waals surface area contributed by atoms with Crippen molar-refractivity contribution in [1.82, 2.24) is 4.72 Å². The number of sulfonamides is 1. The molecule has 2 bridgehead atoms. The fraction of sp³-hybridized carbons (Fsp3) is 0.692. The minimum Gasteiger partial charge on any atom is -0.396 e. The molecule has 0 saturated heterocycles. The van der Waals surface area contributed by atoms with Crippen LogP contribution in [-0.4, -0.2) is 26.2 Å². The summed E-state index contributed by atoms with van der Waals surface area (Å²) < 4.78 is 27.9. The summed E-state index contributed by atoms with van der Waals surface area (Å²) in [5.74, 6) is 0.986. The highest BCUT2D eigenvalue weighted by atomic mass is 32.2. The first-order valence-electron chi connectivity index (χ1n) is 6.71. The molecule has 19 heavy (non-hydrogen) atoms. The third-order valence-corrected chi connectivity index (χ3v) is 7.52. The Bertz CT molecular complexity index is 566. The van der Waals surface area contributed by atoms with Crippen LogP contribution in [0.15, 0.2) is 16.3 Å². The highest BCUT2D eigenvalue weighted by Crippen LogP contribution is 2.48. The zero-order valence-corrected chi connectivity index (χ0v) is 12.5. The summed E-state index contributed by atoms with van der Waals surface area (Å²) in [6.07, 6.45) is 3.27. The van der Waals surface area contributed by atoms with Crippen molar-refractivity contribution in [3.8, 4) is 0 Å². The van der Waals surface area contributed by atoms with E-state index in [0.29, 0.717) is 16.0 Å². The average Bonchev–Trinajstić information content (AvgIpc) is 3.03. The highest BCUT2D eigenvalue weighted by Gasteiger charge is 2.48. The SMILES string of the molecule is Cc1ccc(S(=O)(=O)N[C@@H]2[C@H]3CC[C@@H](C3)[C@H]2CO)s1. The number of hydrogen-bond donors (Lipinski definition) is 2. The topological polar surface area (TPSA) is 66.4 Å². The maximum atomic E-state index is 12.4. The van der Waals surface area contributed by atoms with Crippen LogP contribution in [-0.2, 0) is 10.0 Å². The second-order valence-electron chi connectivity index (χ2n) is 5.69. The van der Waals surface area contributed by atoms with Gasteiger partial charge in [-0.05, 0) is 50.2 Å². The lowest BCUT2D eigenvalue weighted by atomic mass is 9.86. The number of rotatable bonds is 4. The van der Waals surface area contributed by atoms with Crippen molar-refractivity contribution >= 4 is 21.4 Å². The summed E-state index contributed by atoms with van der Waals surface area (Å²) in [4.78, 5) is 0.993. The van der Waals surface area contributed by atoms with E-state index in [2.05, 4.69) is 4.72 Å². The second-order valence-corrected chi connectivity index (χ2v) is 8.92. The predicted molar refractivity (Wildman–Crippen MR) is 74.6 cm³/mol. The Morgan fingerprint density at radius 1 is 1.37 bits per heavy atom. The lowest BCUT2D eigenvalue weighted by molar-refractivity contribution is 0.153. The standard InChI is InChI=1S/C13H19NO3S2/c1-8-2-5-12(18-8)19(16,17)14-13-10-4-3-9(6-10)11(13)7-15/h2,5,9-11,13-15H,3-4,6-7H2,1H3/t9-,10-,11+,13+/m0/s1. The van der Waals surface area contributed by atoms with Gasteiger partial charge in [-0.25, -0.2) is 13.1 Å². The van der Waals surface area contributed by atoms with Crippen molar-refractivity contribution in [3.63, 3.8) is 0 Å². The van der Waals surface area contributed by atoms with Crippen LogP contribution >= 0.6 is 11.3 Å². The van der Waals surface area contributed by atoms with Gasteiger partial charge in [-0.2, -0.15) is 0 Å². The van der Waals surface area contributed by atoms with Crippen molar-refractivity contribution in [2.45, 2.75) is 36.4 Å². The third kappa shape index (κ3) is 2.35. The molecule has 0 spiro atoms. The molecule has 0 unspecified atom stereocenters. The number of aliphatic hydroxyl groups excluding tert-OH is 1. The molecule has 0 amide bonds. The first-order chi connectivity index (χ1) is 9.01. The lowest BCUT2D eigenvalue weighted by Crippen LogP contribution is -2.44. The summed E-state index contributed by atoms with van der Waals surface area (Å²) in [5, 5.41) is 9.50. The first-order valence-corrected chi connectivity index (χ1v) is 9.01. The Hall–Kier alpha value is -0.430.